The first-order chi connectivity index (χ1) is 11.6. The lowest BCUT2D eigenvalue weighted by atomic mass is 9.93. The molecule has 2 N–H and O–H groups in total. The molecule has 0 bridgehead atoms. The first-order valence-electron chi connectivity index (χ1n) is 7.52. The normalized spacial score (nSPS) is 16.5. The summed E-state index contributed by atoms with van der Waals surface area (Å²) in [5.74, 6) is -1.36. The molecule has 1 aliphatic heterocycles. The predicted molar refractivity (Wildman–Crippen MR) is 92.1 cm³/mol. The minimum absolute atomic E-state index is 0.114. The summed E-state index contributed by atoms with van der Waals surface area (Å²) in [5.41, 5.74) is 2.21. The van der Waals surface area contributed by atoms with E-state index in [4.69, 9.17) is 0 Å². The van der Waals surface area contributed by atoms with Crippen LogP contribution in [0.15, 0.2) is 54.0 Å². The van der Waals surface area contributed by atoms with Gasteiger partial charge in [-0.2, -0.15) is 0 Å². The SMILES string of the molecule is O=C1C[C@H](c2cccs2)c2c(c(C(=O)O)cn2-c2ccccc2)N1. The number of carboxylic acid groups (broad SMARTS) is 1. The van der Waals surface area contributed by atoms with Crippen LogP contribution in [0.5, 0.6) is 0 Å². The van der Waals surface area contributed by atoms with E-state index >= 15 is 0 Å². The van der Waals surface area contributed by atoms with E-state index in [9.17, 15) is 14.7 Å². The number of aromatic nitrogens is 1. The van der Waals surface area contributed by atoms with Crippen LogP contribution >= 0.6 is 11.3 Å². The predicted octanol–water partition coefficient (Wildman–Crippen LogP) is 3.71. The third-order valence-electron chi connectivity index (χ3n) is 4.18. The van der Waals surface area contributed by atoms with Crippen LogP contribution in [0.1, 0.15) is 33.3 Å². The van der Waals surface area contributed by atoms with Crippen molar-refractivity contribution in [3.8, 4) is 5.69 Å². The van der Waals surface area contributed by atoms with Gasteiger partial charge in [-0.3, -0.25) is 4.79 Å². The highest BCUT2D eigenvalue weighted by atomic mass is 32.1. The van der Waals surface area contributed by atoms with Gasteiger partial charge < -0.3 is 15.0 Å². The molecule has 0 saturated carbocycles. The molecule has 0 unspecified atom stereocenters. The van der Waals surface area contributed by atoms with Crippen LogP contribution in [0.3, 0.4) is 0 Å². The van der Waals surface area contributed by atoms with Gasteiger partial charge in [-0.15, -0.1) is 11.3 Å². The van der Waals surface area contributed by atoms with Crippen molar-refractivity contribution in [3.05, 3.63) is 70.2 Å². The second-order valence-corrected chi connectivity index (χ2v) is 6.61. The highest BCUT2D eigenvalue weighted by molar-refractivity contribution is 7.10. The van der Waals surface area contributed by atoms with Gasteiger partial charge in [0.15, 0.2) is 0 Å². The molecule has 1 atom stereocenters. The summed E-state index contributed by atoms with van der Waals surface area (Å²) in [4.78, 5) is 24.9. The number of aromatic carboxylic acids is 1. The summed E-state index contributed by atoms with van der Waals surface area (Å²) in [6, 6.07) is 13.5. The van der Waals surface area contributed by atoms with Gasteiger partial charge in [-0.05, 0) is 23.6 Å². The number of anilines is 1. The summed E-state index contributed by atoms with van der Waals surface area (Å²) in [6.07, 6.45) is 1.90. The Labute approximate surface area is 142 Å². The molecule has 6 heteroatoms. The number of nitrogens with one attached hydrogen (secondary N) is 1. The van der Waals surface area contributed by atoms with Crippen LogP contribution in [-0.2, 0) is 4.79 Å². The molecule has 4 rings (SSSR count). The Hall–Kier alpha value is -2.86. The van der Waals surface area contributed by atoms with Crippen molar-refractivity contribution in [2.75, 3.05) is 5.32 Å². The standard InChI is InChI=1S/C18H14N2O3S/c21-15-9-12(14-7-4-8-24-14)17-16(19-15)13(18(22)23)10-20(17)11-5-2-1-3-6-11/h1-8,10,12H,9H2,(H,19,21)(H,22,23)/t12-/m1/s1. The molecule has 120 valence electrons. The summed E-state index contributed by atoms with van der Waals surface area (Å²) in [6.45, 7) is 0. The van der Waals surface area contributed by atoms with Crippen molar-refractivity contribution >= 4 is 28.9 Å². The molecule has 24 heavy (non-hydrogen) atoms. The fourth-order valence-corrected chi connectivity index (χ4v) is 3.99. The smallest absolute Gasteiger partial charge is 0.339 e. The molecule has 0 spiro atoms. The minimum Gasteiger partial charge on any atom is -0.478 e. The van der Waals surface area contributed by atoms with Gasteiger partial charge in [0.2, 0.25) is 5.91 Å². The average Bonchev–Trinajstić information content (AvgIpc) is 3.22. The molecular formula is C18H14N2O3S. The maximum Gasteiger partial charge on any atom is 0.339 e. The van der Waals surface area contributed by atoms with Crippen LogP contribution in [0.2, 0.25) is 0 Å². The molecule has 0 aliphatic carbocycles. The first-order valence-corrected chi connectivity index (χ1v) is 8.40. The number of carbonyl (C=O) groups excluding carboxylic acids is 1. The summed E-state index contributed by atoms with van der Waals surface area (Å²) in [7, 11) is 0. The van der Waals surface area contributed by atoms with Crippen molar-refractivity contribution in [1.82, 2.24) is 4.57 Å². The van der Waals surface area contributed by atoms with E-state index in [2.05, 4.69) is 5.32 Å². The van der Waals surface area contributed by atoms with Gasteiger partial charge in [0.25, 0.3) is 0 Å². The number of fused-ring (bicyclic) bond motifs is 1. The van der Waals surface area contributed by atoms with Gasteiger partial charge in [-0.25, -0.2) is 4.79 Å². The number of carbonyl (C=O) groups is 2. The van der Waals surface area contributed by atoms with Gasteiger partial charge >= 0.3 is 5.97 Å². The Bertz CT molecular complexity index is 913. The lowest BCUT2D eigenvalue weighted by Gasteiger charge is -2.25. The van der Waals surface area contributed by atoms with Gasteiger partial charge in [-0.1, -0.05) is 24.3 Å². The highest BCUT2D eigenvalue weighted by Crippen LogP contribution is 2.42. The zero-order chi connectivity index (χ0) is 16.7. The monoisotopic (exact) mass is 338 g/mol. The lowest BCUT2D eigenvalue weighted by Crippen LogP contribution is -2.25. The number of hydrogen-bond donors (Lipinski definition) is 2. The van der Waals surface area contributed by atoms with Crippen LogP contribution in [0, 0.1) is 0 Å². The number of amides is 1. The molecule has 0 fully saturated rings. The summed E-state index contributed by atoms with van der Waals surface area (Å²) < 4.78 is 1.88. The van der Waals surface area contributed by atoms with Gasteiger partial charge in [0, 0.05) is 29.1 Å². The number of rotatable bonds is 3. The lowest BCUT2D eigenvalue weighted by molar-refractivity contribution is -0.116. The fourth-order valence-electron chi connectivity index (χ4n) is 3.16. The first kappa shape index (κ1) is 14.7. The van der Waals surface area contributed by atoms with Crippen LogP contribution in [0.4, 0.5) is 5.69 Å². The largest absolute Gasteiger partial charge is 0.478 e. The van der Waals surface area contributed by atoms with Crippen molar-refractivity contribution < 1.29 is 14.7 Å². The van der Waals surface area contributed by atoms with Crippen LogP contribution in [-0.4, -0.2) is 21.6 Å². The molecule has 0 saturated heterocycles. The number of carboxylic acids is 1. The van der Waals surface area contributed by atoms with Crippen LogP contribution < -0.4 is 5.32 Å². The molecule has 3 heterocycles. The molecule has 5 nitrogen and oxygen atoms in total. The van der Waals surface area contributed by atoms with E-state index in [1.165, 1.54) is 0 Å². The number of hydrogen-bond acceptors (Lipinski definition) is 3. The molecule has 1 aliphatic rings. The number of benzene rings is 1. The van der Waals surface area contributed by atoms with E-state index in [-0.39, 0.29) is 17.4 Å². The third kappa shape index (κ3) is 2.32. The van der Waals surface area contributed by atoms with Crippen molar-refractivity contribution in [1.29, 1.82) is 0 Å². The highest BCUT2D eigenvalue weighted by Gasteiger charge is 2.34. The summed E-state index contributed by atoms with van der Waals surface area (Å²) in [5, 5.41) is 14.3. The molecular weight excluding hydrogens is 324 g/mol. The van der Waals surface area contributed by atoms with Crippen LogP contribution in [0.25, 0.3) is 5.69 Å². The van der Waals surface area contributed by atoms with E-state index in [0.29, 0.717) is 12.1 Å². The average molecular weight is 338 g/mol. The van der Waals surface area contributed by atoms with E-state index in [0.717, 1.165) is 16.3 Å². The molecule has 1 amide bonds. The quantitative estimate of drug-likeness (QED) is 0.765. The maximum absolute atomic E-state index is 12.1. The number of para-hydroxylation sites is 1. The minimum atomic E-state index is -1.05. The molecule has 0 radical (unpaired) electrons. The zero-order valence-corrected chi connectivity index (χ0v) is 13.4. The van der Waals surface area contributed by atoms with E-state index in [1.54, 1.807) is 17.5 Å². The maximum atomic E-state index is 12.1. The number of thiophene rings is 1. The fraction of sp³-hybridized carbons (Fsp3) is 0.111. The Kier molecular flexibility index (Phi) is 3.46. The van der Waals surface area contributed by atoms with Crippen molar-refractivity contribution in [2.45, 2.75) is 12.3 Å². The molecule has 1 aromatic carbocycles. The zero-order valence-electron chi connectivity index (χ0n) is 12.6. The second-order valence-electron chi connectivity index (χ2n) is 5.63. The van der Waals surface area contributed by atoms with E-state index in [1.807, 2.05) is 52.4 Å². The molecule has 3 aromatic rings. The Morgan fingerprint density at radius 2 is 2.00 bits per heavy atom. The van der Waals surface area contributed by atoms with Crippen molar-refractivity contribution in [3.63, 3.8) is 0 Å². The van der Waals surface area contributed by atoms with E-state index < -0.39 is 5.97 Å². The summed E-state index contributed by atoms with van der Waals surface area (Å²) >= 11 is 1.58. The molecule has 2 aromatic heterocycles. The van der Waals surface area contributed by atoms with Crippen molar-refractivity contribution in [2.24, 2.45) is 0 Å². The number of nitrogens with zero attached hydrogens (tertiary/aromatic N) is 1. The Morgan fingerprint density at radius 3 is 2.67 bits per heavy atom. The topological polar surface area (TPSA) is 71.3 Å². The Morgan fingerprint density at radius 1 is 1.21 bits per heavy atom. The van der Waals surface area contributed by atoms with Gasteiger partial charge in [0.05, 0.1) is 11.4 Å². The second kappa shape index (κ2) is 5.65. The Balaban J connectivity index is 1.98. The van der Waals surface area contributed by atoms with Gasteiger partial charge in [0.1, 0.15) is 5.56 Å². The third-order valence-corrected chi connectivity index (χ3v) is 5.16.